The summed E-state index contributed by atoms with van der Waals surface area (Å²) in [6.45, 7) is 3.09. The van der Waals surface area contributed by atoms with Crippen molar-refractivity contribution in [2.24, 2.45) is 5.10 Å². The van der Waals surface area contributed by atoms with Crippen LogP contribution in [0.2, 0.25) is 0 Å². The average Bonchev–Trinajstić information content (AvgIpc) is 3.36. The molecule has 37 heavy (non-hydrogen) atoms. The lowest BCUT2D eigenvalue weighted by Gasteiger charge is -2.28. The fraction of sp³-hybridized carbons (Fsp3) is 0.296. The molecule has 0 atom stereocenters. The minimum Gasteiger partial charge on any atom is -0.496 e. The van der Waals surface area contributed by atoms with E-state index in [2.05, 4.69) is 30.4 Å². The molecule has 192 valence electrons. The highest BCUT2D eigenvalue weighted by molar-refractivity contribution is 5.99. The summed E-state index contributed by atoms with van der Waals surface area (Å²) in [5.74, 6) is 1.95. The second-order valence-electron chi connectivity index (χ2n) is 8.56. The van der Waals surface area contributed by atoms with Crippen LogP contribution in [0, 0.1) is 0 Å². The third-order valence-corrected chi connectivity index (χ3v) is 6.17. The zero-order chi connectivity index (χ0) is 25.5. The monoisotopic (exact) mass is 502 g/mol. The van der Waals surface area contributed by atoms with Gasteiger partial charge in [0.05, 0.1) is 39.8 Å². The topological polar surface area (TPSA) is 117 Å². The van der Waals surface area contributed by atoms with Crippen LogP contribution in [0.4, 0.5) is 11.6 Å². The van der Waals surface area contributed by atoms with Gasteiger partial charge in [-0.15, -0.1) is 0 Å². The van der Waals surface area contributed by atoms with Gasteiger partial charge >= 0.3 is 6.01 Å². The number of H-pyrrole nitrogens is 1. The number of hydrogen-bond acceptors (Lipinski definition) is 9. The van der Waals surface area contributed by atoms with Crippen LogP contribution < -0.4 is 19.8 Å². The Morgan fingerprint density at radius 1 is 1.16 bits per heavy atom. The van der Waals surface area contributed by atoms with Crippen LogP contribution in [-0.2, 0) is 17.8 Å². The van der Waals surface area contributed by atoms with Crippen molar-refractivity contribution in [2.45, 2.75) is 13.0 Å². The normalized spacial score (nSPS) is 13.8. The number of hydrogen-bond donors (Lipinski definition) is 3. The molecule has 0 bridgehead atoms. The van der Waals surface area contributed by atoms with Gasteiger partial charge in [-0.05, 0) is 17.7 Å². The molecular weight excluding hydrogens is 472 g/mol. The van der Waals surface area contributed by atoms with Crippen molar-refractivity contribution in [3.8, 4) is 11.8 Å². The maximum absolute atomic E-state index is 9.44. The Bertz CT molecular complexity index is 1370. The number of hydrazone groups is 1. The van der Waals surface area contributed by atoms with Crippen LogP contribution in [0.5, 0.6) is 11.8 Å². The number of ether oxygens (including phenoxy) is 3. The molecule has 4 aromatic rings. The Morgan fingerprint density at radius 3 is 2.86 bits per heavy atom. The number of nitrogens with one attached hydrogen (secondary N) is 2. The zero-order valence-electron chi connectivity index (χ0n) is 20.7. The third kappa shape index (κ3) is 5.99. The smallest absolute Gasteiger partial charge is 0.320 e. The molecule has 10 nitrogen and oxygen atoms in total. The standard InChI is InChI=1S/C27H30N6O4/c1-35-24-14-19(6-7-20(24)18-34)8-11-37-27-30-25(15-26(31-27)33-9-12-36-13-10-33)32-29-17-21-16-28-23-5-3-2-4-22(21)23/h2-7,14-17,28,34H,8-13,18H2,1H3,(H,30,31,32)/b29-17+. The van der Waals surface area contributed by atoms with Crippen molar-refractivity contribution in [1.29, 1.82) is 0 Å². The highest BCUT2D eigenvalue weighted by atomic mass is 16.5. The second kappa shape index (κ2) is 11.7. The number of aliphatic hydroxyl groups excluding tert-OH is 1. The molecule has 3 heterocycles. The zero-order valence-corrected chi connectivity index (χ0v) is 20.7. The van der Waals surface area contributed by atoms with Gasteiger partial charge in [-0.2, -0.15) is 15.1 Å². The molecule has 2 aromatic carbocycles. The Balaban J connectivity index is 1.30. The summed E-state index contributed by atoms with van der Waals surface area (Å²) in [5, 5.41) is 14.9. The summed E-state index contributed by atoms with van der Waals surface area (Å²) in [5.41, 5.74) is 6.84. The number of anilines is 2. The summed E-state index contributed by atoms with van der Waals surface area (Å²) in [7, 11) is 1.59. The minimum atomic E-state index is -0.0688. The number of benzene rings is 2. The van der Waals surface area contributed by atoms with Crippen LogP contribution in [0.15, 0.2) is 59.8 Å². The molecular formula is C27H30N6O4. The van der Waals surface area contributed by atoms with E-state index in [0.29, 0.717) is 37.8 Å². The van der Waals surface area contributed by atoms with Crippen LogP contribution in [-0.4, -0.2) is 66.3 Å². The van der Waals surface area contributed by atoms with Gasteiger partial charge in [0, 0.05) is 53.8 Å². The number of nitrogens with zero attached hydrogens (tertiary/aromatic N) is 4. The van der Waals surface area contributed by atoms with E-state index >= 15 is 0 Å². The maximum atomic E-state index is 9.44. The molecule has 1 aliphatic heterocycles. The largest absolute Gasteiger partial charge is 0.496 e. The van der Waals surface area contributed by atoms with Crippen LogP contribution >= 0.6 is 0 Å². The maximum Gasteiger partial charge on any atom is 0.320 e. The predicted octanol–water partition coefficient (Wildman–Crippen LogP) is 3.36. The first kappa shape index (κ1) is 24.5. The molecule has 0 spiro atoms. The van der Waals surface area contributed by atoms with Crippen LogP contribution in [0.3, 0.4) is 0 Å². The molecule has 3 N–H and O–H groups in total. The molecule has 1 fully saturated rings. The average molecular weight is 503 g/mol. The summed E-state index contributed by atoms with van der Waals surface area (Å²) < 4.78 is 16.8. The van der Waals surface area contributed by atoms with Crippen molar-refractivity contribution in [3.63, 3.8) is 0 Å². The van der Waals surface area contributed by atoms with E-state index < -0.39 is 0 Å². The van der Waals surface area contributed by atoms with E-state index in [0.717, 1.165) is 46.5 Å². The Kier molecular flexibility index (Phi) is 7.78. The molecule has 1 aliphatic rings. The highest BCUT2D eigenvalue weighted by Crippen LogP contribution is 2.23. The summed E-state index contributed by atoms with van der Waals surface area (Å²) in [6.07, 6.45) is 4.32. The number of aromatic nitrogens is 3. The summed E-state index contributed by atoms with van der Waals surface area (Å²) >= 11 is 0. The molecule has 10 heteroatoms. The molecule has 5 rings (SSSR count). The van der Waals surface area contributed by atoms with Crippen molar-refractivity contribution in [1.82, 2.24) is 15.0 Å². The lowest BCUT2D eigenvalue weighted by molar-refractivity contribution is 0.122. The first-order chi connectivity index (χ1) is 18.2. The highest BCUT2D eigenvalue weighted by Gasteiger charge is 2.16. The molecule has 1 saturated heterocycles. The molecule has 0 saturated carbocycles. The molecule has 0 aliphatic carbocycles. The fourth-order valence-electron chi connectivity index (χ4n) is 4.19. The quantitative estimate of drug-likeness (QED) is 0.223. The van der Waals surface area contributed by atoms with E-state index in [9.17, 15) is 5.11 Å². The lowest BCUT2D eigenvalue weighted by atomic mass is 10.1. The molecule has 0 amide bonds. The van der Waals surface area contributed by atoms with E-state index in [1.807, 2.05) is 54.7 Å². The lowest BCUT2D eigenvalue weighted by Crippen LogP contribution is -2.36. The van der Waals surface area contributed by atoms with Crippen LogP contribution in [0.25, 0.3) is 10.9 Å². The van der Waals surface area contributed by atoms with E-state index in [4.69, 9.17) is 14.2 Å². The predicted molar refractivity (Wildman–Crippen MR) is 143 cm³/mol. The number of para-hydroxylation sites is 1. The first-order valence-electron chi connectivity index (χ1n) is 12.2. The number of aliphatic hydroxyl groups is 1. The van der Waals surface area contributed by atoms with Gasteiger partial charge in [0.2, 0.25) is 0 Å². The number of aromatic amines is 1. The Morgan fingerprint density at radius 2 is 2.03 bits per heavy atom. The number of morpholine rings is 1. The van der Waals surface area contributed by atoms with E-state index in [-0.39, 0.29) is 12.6 Å². The van der Waals surface area contributed by atoms with Crippen molar-refractivity contribution in [3.05, 3.63) is 71.4 Å². The number of fused-ring (bicyclic) bond motifs is 1. The van der Waals surface area contributed by atoms with Gasteiger partial charge in [-0.1, -0.05) is 30.3 Å². The van der Waals surface area contributed by atoms with Crippen molar-refractivity contribution >= 4 is 28.8 Å². The van der Waals surface area contributed by atoms with Crippen molar-refractivity contribution in [2.75, 3.05) is 50.3 Å². The Labute approximate surface area is 214 Å². The van der Waals surface area contributed by atoms with Gasteiger partial charge in [0.25, 0.3) is 0 Å². The van der Waals surface area contributed by atoms with Gasteiger partial charge < -0.3 is 29.2 Å². The molecule has 0 radical (unpaired) electrons. The van der Waals surface area contributed by atoms with E-state index in [1.54, 1.807) is 13.3 Å². The van der Waals surface area contributed by atoms with Gasteiger partial charge in [0.15, 0.2) is 5.82 Å². The van der Waals surface area contributed by atoms with Gasteiger partial charge in [-0.25, -0.2) is 0 Å². The molecule has 0 unspecified atom stereocenters. The number of rotatable bonds is 10. The van der Waals surface area contributed by atoms with E-state index in [1.165, 1.54) is 0 Å². The van der Waals surface area contributed by atoms with Crippen molar-refractivity contribution < 1.29 is 19.3 Å². The summed E-state index contributed by atoms with van der Waals surface area (Å²) in [6, 6.07) is 15.9. The number of methoxy groups -OCH3 is 1. The van der Waals surface area contributed by atoms with Gasteiger partial charge in [0.1, 0.15) is 11.6 Å². The first-order valence-corrected chi connectivity index (χ1v) is 12.2. The molecule has 2 aromatic heterocycles. The van der Waals surface area contributed by atoms with Gasteiger partial charge in [-0.3, -0.25) is 5.43 Å². The van der Waals surface area contributed by atoms with Crippen LogP contribution in [0.1, 0.15) is 16.7 Å². The third-order valence-electron chi connectivity index (χ3n) is 6.17. The SMILES string of the molecule is COc1cc(CCOc2nc(N/N=C/c3c[nH]c4ccccc34)cc(N3CCOCC3)n2)ccc1CO. The Hall–Kier alpha value is -4.15. The fourth-order valence-corrected chi connectivity index (χ4v) is 4.19. The minimum absolute atomic E-state index is 0.0688. The second-order valence-corrected chi connectivity index (χ2v) is 8.56. The summed E-state index contributed by atoms with van der Waals surface area (Å²) in [4.78, 5) is 14.5.